The number of ether oxygens (including phenoxy) is 1. The molecule has 0 aliphatic carbocycles. The highest BCUT2D eigenvalue weighted by Gasteiger charge is 2.05. The van der Waals surface area contributed by atoms with E-state index in [0.29, 0.717) is 16.5 Å². The molecule has 0 saturated heterocycles. The molecule has 0 radical (unpaired) electrons. The van der Waals surface area contributed by atoms with Crippen LogP contribution in [0.4, 0.5) is 5.69 Å². The van der Waals surface area contributed by atoms with Gasteiger partial charge < -0.3 is 10.5 Å². The van der Waals surface area contributed by atoms with E-state index in [1.54, 1.807) is 12.1 Å². The summed E-state index contributed by atoms with van der Waals surface area (Å²) in [5.74, 6) is 1.32. The Morgan fingerprint density at radius 3 is 2.47 bits per heavy atom. The first kappa shape index (κ1) is 11.9. The molecule has 0 spiro atoms. The molecule has 0 saturated carbocycles. The summed E-state index contributed by atoms with van der Waals surface area (Å²) in [5.41, 5.74) is 6.34. The minimum Gasteiger partial charge on any atom is -0.455 e. The van der Waals surface area contributed by atoms with Crippen LogP contribution in [0.2, 0.25) is 5.02 Å². The highest BCUT2D eigenvalue weighted by molar-refractivity contribution is 6.33. The summed E-state index contributed by atoms with van der Waals surface area (Å²) in [6, 6.07) is 19.4. The predicted octanol–water partition coefficient (Wildman–Crippen LogP) is 4.87. The van der Waals surface area contributed by atoms with E-state index in [9.17, 15) is 0 Å². The Morgan fingerprint density at radius 2 is 1.63 bits per heavy atom. The number of rotatable bonds is 2. The second-order valence-electron chi connectivity index (χ2n) is 4.26. The third kappa shape index (κ3) is 2.35. The molecule has 0 aliphatic heterocycles. The van der Waals surface area contributed by atoms with Gasteiger partial charge in [0, 0.05) is 0 Å². The minimum atomic E-state index is 0.456. The van der Waals surface area contributed by atoms with Crippen molar-refractivity contribution < 1.29 is 4.74 Å². The lowest BCUT2D eigenvalue weighted by Gasteiger charge is -2.10. The number of nitrogen functional groups attached to an aromatic ring is 1. The van der Waals surface area contributed by atoms with Gasteiger partial charge >= 0.3 is 0 Å². The van der Waals surface area contributed by atoms with E-state index in [4.69, 9.17) is 22.1 Å². The smallest absolute Gasteiger partial charge is 0.151 e. The maximum Gasteiger partial charge on any atom is 0.151 e. The Bertz CT molecular complexity index is 740. The van der Waals surface area contributed by atoms with Crippen molar-refractivity contribution in [3.05, 3.63) is 65.7 Å². The number of halogens is 1. The minimum absolute atomic E-state index is 0.456. The van der Waals surface area contributed by atoms with Gasteiger partial charge in [0.25, 0.3) is 0 Å². The molecule has 19 heavy (non-hydrogen) atoms. The molecule has 0 aromatic heterocycles. The SMILES string of the molecule is Nc1c(Cl)cccc1Oc1ccc2ccccc2c1. The number of anilines is 1. The Labute approximate surface area is 116 Å². The van der Waals surface area contributed by atoms with Gasteiger partial charge in [0.2, 0.25) is 0 Å². The van der Waals surface area contributed by atoms with E-state index in [1.807, 2.05) is 42.5 Å². The van der Waals surface area contributed by atoms with Crippen LogP contribution in [0.5, 0.6) is 11.5 Å². The quantitative estimate of drug-likeness (QED) is 0.674. The zero-order valence-corrected chi connectivity index (χ0v) is 10.9. The Balaban J connectivity index is 1.99. The average molecular weight is 270 g/mol. The second-order valence-corrected chi connectivity index (χ2v) is 4.67. The first-order valence-corrected chi connectivity index (χ1v) is 6.32. The predicted molar refractivity (Wildman–Crippen MR) is 79.9 cm³/mol. The third-order valence-corrected chi connectivity index (χ3v) is 3.29. The highest BCUT2D eigenvalue weighted by Crippen LogP contribution is 2.33. The number of hydrogen-bond acceptors (Lipinski definition) is 2. The topological polar surface area (TPSA) is 35.2 Å². The van der Waals surface area contributed by atoms with Crippen LogP contribution in [0.1, 0.15) is 0 Å². The molecule has 0 atom stereocenters. The van der Waals surface area contributed by atoms with Crippen molar-refractivity contribution in [1.82, 2.24) is 0 Å². The van der Waals surface area contributed by atoms with Crippen molar-refractivity contribution in [2.75, 3.05) is 5.73 Å². The van der Waals surface area contributed by atoms with Gasteiger partial charge in [-0.3, -0.25) is 0 Å². The molecule has 2 nitrogen and oxygen atoms in total. The Kier molecular flexibility index (Phi) is 3.02. The summed E-state index contributed by atoms with van der Waals surface area (Å²) in [7, 11) is 0. The molecule has 0 aliphatic rings. The molecule has 3 heteroatoms. The summed E-state index contributed by atoms with van der Waals surface area (Å²) in [4.78, 5) is 0. The fourth-order valence-electron chi connectivity index (χ4n) is 1.96. The van der Waals surface area contributed by atoms with Crippen LogP contribution in [0.3, 0.4) is 0 Å². The molecule has 0 heterocycles. The second kappa shape index (κ2) is 4.82. The number of nitrogens with two attached hydrogens (primary N) is 1. The molecule has 3 aromatic rings. The third-order valence-electron chi connectivity index (χ3n) is 2.96. The van der Waals surface area contributed by atoms with Crippen LogP contribution in [0, 0.1) is 0 Å². The lowest BCUT2D eigenvalue weighted by Crippen LogP contribution is -1.92. The van der Waals surface area contributed by atoms with E-state index in [1.165, 1.54) is 5.39 Å². The van der Waals surface area contributed by atoms with Crippen molar-refractivity contribution >= 4 is 28.1 Å². The molecule has 3 aromatic carbocycles. The number of benzene rings is 3. The maximum atomic E-state index is 5.97. The van der Waals surface area contributed by atoms with Crippen molar-refractivity contribution in [2.45, 2.75) is 0 Å². The van der Waals surface area contributed by atoms with Crippen molar-refractivity contribution in [2.24, 2.45) is 0 Å². The van der Waals surface area contributed by atoms with Crippen LogP contribution >= 0.6 is 11.6 Å². The van der Waals surface area contributed by atoms with E-state index >= 15 is 0 Å². The monoisotopic (exact) mass is 269 g/mol. The van der Waals surface area contributed by atoms with Crippen LogP contribution < -0.4 is 10.5 Å². The molecular formula is C16H12ClNO. The summed E-state index contributed by atoms with van der Waals surface area (Å²) in [5, 5.41) is 2.80. The summed E-state index contributed by atoms with van der Waals surface area (Å²) >= 11 is 5.97. The van der Waals surface area contributed by atoms with Gasteiger partial charge in [-0.15, -0.1) is 0 Å². The van der Waals surface area contributed by atoms with Gasteiger partial charge in [-0.2, -0.15) is 0 Å². The van der Waals surface area contributed by atoms with E-state index in [2.05, 4.69) is 6.07 Å². The molecular weight excluding hydrogens is 258 g/mol. The average Bonchev–Trinajstić information content (AvgIpc) is 2.44. The van der Waals surface area contributed by atoms with Crippen molar-refractivity contribution in [1.29, 1.82) is 0 Å². The van der Waals surface area contributed by atoms with Crippen LogP contribution in [-0.2, 0) is 0 Å². The highest BCUT2D eigenvalue weighted by atomic mass is 35.5. The van der Waals surface area contributed by atoms with Crippen LogP contribution in [0.15, 0.2) is 60.7 Å². The molecule has 0 fully saturated rings. The summed E-state index contributed by atoms with van der Waals surface area (Å²) < 4.78 is 5.79. The first-order chi connectivity index (χ1) is 9.24. The molecule has 0 amide bonds. The van der Waals surface area contributed by atoms with Crippen LogP contribution in [0.25, 0.3) is 10.8 Å². The Morgan fingerprint density at radius 1 is 0.842 bits per heavy atom. The summed E-state index contributed by atoms with van der Waals surface area (Å²) in [6.07, 6.45) is 0. The lowest BCUT2D eigenvalue weighted by atomic mass is 10.1. The number of para-hydroxylation sites is 1. The molecule has 0 unspecified atom stereocenters. The number of hydrogen-bond donors (Lipinski definition) is 1. The van der Waals surface area contributed by atoms with Gasteiger partial charge in [-0.05, 0) is 35.0 Å². The molecule has 0 bridgehead atoms. The molecule has 3 rings (SSSR count). The molecule has 94 valence electrons. The summed E-state index contributed by atoms with van der Waals surface area (Å²) in [6.45, 7) is 0. The standard InChI is InChI=1S/C16H12ClNO/c17-14-6-3-7-15(16(14)18)19-13-9-8-11-4-1-2-5-12(11)10-13/h1-10H,18H2. The maximum absolute atomic E-state index is 5.97. The first-order valence-electron chi connectivity index (χ1n) is 5.95. The fraction of sp³-hybridized carbons (Fsp3) is 0. The number of fused-ring (bicyclic) bond motifs is 1. The Hall–Kier alpha value is -2.19. The lowest BCUT2D eigenvalue weighted by molar-refractivity contribution is 0.486. The van der Waals surface area contributed by atoms with Crippen LogP contribution in [-0.4, -0.2) is 0 Å². The zero-order valence-electron chi connectivity index (χ0n) is 10.1. The van der Waals surface area contributed by atoms with Gasteiger partial charge in [-0.25, -0.2) is 0 Å². The van der Waals surface area contributed by atoms with Crippen molar-refractivity contribution in [3.8, 4) is 11.5 Å². The van der Waals surface area contributed by atoms with E-state index in [-0.39, 0.29) is 0 Å². The zero-order chi connectivity index (χ0) is 13.2. The van der Waals surface area contributed by atoms with Crippen molar-refractivity contribution in [3.63, 3.8) is 0 Å². The van der Waals surface area contributed by atoms with Gasteiger partial charge in [0.05, 0.1) is 10.7 Å². The van der Waals surface area contributed by atoms with E-state index < -0.39 is 0 Å². The molecule has 2 N–H and O–H groups in total. The fourth-order valence-corrected chi connectivity index (χ4v) is 2.13. The van der Waals surface area contributed by atoms with Gasteiger partial charge in [-0.1, -0.05) is 48.0 Å². The largest absolute Gasteiger partial charge is 0.455 e. The normalized spacial score (nSPS) is 10.6. The van der Waals surface area contributed by atoms with E-state index in [0.717, 1.165) is 11.1 Å². The van der Waals surface area contributed by atoms with Gasteiger partial charge in [0.1, 0.15) is 5.75 Å². The van der Waals surface area contributed by atoms with Gasteiger partial charge in [0.15, 0.2) is 5.75 Å².